The van der Waals surface area contributed by atoms with Crippen LogP contribution >= 0.6 is 11.8 Å². The fourth-order valence-corrected chi connectivity index (χ4v) is 4.72. The maximum absolute atomic E-state index is 12.5. The van der Waals surface area contributed by atoms with Gasteiger partial charge in [-0.15, -0.1) is 11.8 Å². The van der Waals surface area contributed by atoms with E-state index in [4.69, 9.17) is 0 Å². The van der Waals surface area contributed by atoms with Crippen LogP contribution in [0.1, 0.15) is 27.0 Å². The Morgan fingerprint density at radius 1 is 0.967 bits per heavy atom. The SMILES string of the molecule is Cc1cccc(CSc2cn(CCNC(=O)c3ccccc3C)c3ccccc23)c1. The summed E-state index contributed by atoms with van der Waals surface area (Å²) in [6.45, 7) is 5.42. The first kappa shape index (κ1) is 20.3. The zero-order valence-electron chi connectivity index (χ0n) is 17.4. The molecule has 1 heterocycles. The maximum atomic E-state index is 12.5. The van der Waals surface area contributed by atoms with Gasteiger partial charge in [-0.2, -0.15) is 0 Å². The largest absolute Gasteiger partial charge is 0.350 e. The average molecular weight is 415 g/mol. The van der Waals surface area contributed by atoms with Gasteiger partial charge in [0.15, 0.2) is 0 Å². The summed E-state index contributed by atoms with van der Waals surface area (Å²) in [5.74, 6) is 0.929. The van der Waals surface area contributed by atoms with Crippen molar-refractivity contribution < 1.29 is 4.79 Å². The minimum atomic E-state index is -0.0152. The van der Waals surface area contributed by atoms with Gasteiger partial charge in [-0.1, -0.05) is 66.2 Å². The van der Waals surface area contributed by atoms with E-state index < -0.39 is 0 Å². The van der Waals surface area contributed by atoms with E-state index in [9.17, 15) is 4.79 Å². The highest BCUT2D eigenvalue weighted by Crippen LogP contribution is 2.32. The van der Waals surface area contributed by atoms with Crippen molar-refractivity contribution in [3.05, 3.63) is 101 Å². The van der Waals surface area contributed by atoms with E-state index >= 15 is 0 Å². The number of fused-ring (bicyclic) bond motifs is 1. The first-order valence-electron chi connectivity index (χ1n) is 10.2. The molecule has 0 unspecified atom stereocenters. The summed E-state index contributed by atoms with van der Waals surface area (Å²) in [5.41, 5.74) is 5.57. The van der Waals surface area contributed by atoms with Gasteiger partial charge in [0.2, 0.25) is 0 Å². The third-order valence-corrected chi connectivity index (χ3v) is 6.37. The number of nitrogens with one attached hydrogen (secondary N) is 1. The Morgan fingerprint density at radius 3 is 2.60 bits per heavy atom. The predicted molar refractivity (Wildman–Crippen MR) is 126 cm³/mol. The second-order valence-corrected chi connectivity index (χ2v) is 8.57. The molecule has 0 aliphatic heterocycles. The first-order chi connectivity index (χ1) is 14.6. The minimum absolute atomic E-state index is 0.0152. The Labute approximate surface area is 182 Å². The Hall–Kier alpha value is -2.98. The number of hydrogen-bond donors (Lipinski definition) is 1. The van der Waals surface area contributed by atoms with E-state index in [0.29, 0.717) is 6.54 Å². The summed E-state index contributed by atoms with van der Waals surface area (Å²) in [4.78, 5) is 13.8. The molecule has 0 fully saturated rings. The van der Waals surface area contributed by atoms with Crippen molar-refractivity contribution in [1.82, 2.24) is 9.88 Å². The Bertz CT molecular complexity index is 1180. The number of aryl methyl sites for hydroxylation is 2. The summed E-state index contributed by atoms with van der Waals surface area (Å²) < 4.78 is 2.24. The quantitative estimate of drug-likeness (QED) is 0.377. The highest BCUT2D eigenvalue weighted by atomic mass is 32.2. The van der Waals surface area contributed by atoms with Crippen LogP contribution in [0.15, 0.2) is 83.9 Å². The molecule has 4 heteroatoms. The molecule has 1 amide bonds. The standard InChI is InChI=1S/C26H26N2OS/c1-19-8-7-10-21(16-19)18-30-25-17-28(24-13-6-5-12-23(24)25)15-14-27-26(29)22-11-4-3-9-20(22)2/h3-13,16-17H,14-15,18H2,1-2H3,(H,27,29). The van der Waals surface area contributed by atoms with Crippen LogP contribution in [-0.2, 0) is 12.3 Å². The number of carbonyl (C=O) groups is 1. The molecular formula is C26H26N2OS. The van der Waals surface area contributed by atoms with Gasteiger partial charge in [0, 0.05) is 46.4 Å². The lowest BCUT2D eigenvalue weighted by atomic mass is 10.1. The molecular weight excluding hydrogens is 388 g/mol. The fourth-order valence-electron chi connectivity index (χ4n) is 3.69. The van der Waals surface area contributed by atoms with Gasteiger partial charge in [-0.05, 0) is 37.1 Å². The van der Waals surface area contributed by atoms with Crippen LogP contribution in [0.4, 0.5) is 0 Å². The fraction of sp³-hybridized carbons (Fsp3) is 0.192. The molecule has 4 aromatic rings. The second kappa shape index (κ2) is 9.23. The molecule has 152 valence electrons. The van der Waals surface area contributed by atoms with Crippen LogP contribution in [0, 0.1) is 13.8 Å². The van der Waals surface area contributed by atoms with Gasteiger partial charge in [-0.3, -0.25) is 4.79 Å². The highest BCUT2D eigenvalue weighted by Gasteiger charge is 2.11. The number of aromatic nitrogens is 1. The smallest absolute Gasteiger partial charge is 0.251 e. The van der Waals surface area contributed by atoms with Crippen LogP contribution in [0.3, 0.4) is 0 Å². The van der Waals surface area contributed by atoms with Gasteiger partial charge >= 0.3 is 0 Å². The molecule has 0 atom stereocenters. The highest BCUT2D eigenvalue weighted by molar-refractivity contribution is 7.98. The molecule has 30 heavy (non-hydrogen) atoms. The van der Waals surface area contributed by atoms with E-state index in [0.717, 1.165) is 23.4 Å². The molecule has 0 saturated heterocycles. The number of amides is 1. The van der Waals surface area contributed by atoms with E-state index in [1.54, 1.807) is 0 Å². The molecule has 0 aliphatic rings. The van der Waals surface area contributed by atoms with Gasteiger partial charge < -0.3 is 9.88 Å². The zero-order chi connectivity index (χ0) is 20.9. The van der Waals surface area contributed by atoms with Gasteiger partial charge in [0.1, 0.15) is 0 Å². The number of para-hydroxylation sites is 1. The van der Waals surface area contributed by atoms with Crippen molar-refractivity contribution in [3.63, 3.8) is 0 Å². The lowest BCUT2D eigenvalue weighted by Gasteiger charge is -2.09. The summed E-state index contributed by atoms with van der Waals surface area (Å²) in [6.07, 6.45) is 2.21. The molecule has 1 N–H and O–H groups in total. The third-order valence-electron chi connectivity index (χ3n) is 5.26. The van der Waals surface area contributed by atoms with E-state index in [-0.39, 0.29) is 5.91 Å². The topological polar surface area (TPSA) is 34.0 Å². The minimum Gasteiger partial charge on any atom is -0.350 e. The molecule has 4 rings (SSSR count). The van der Waals surface area contributed by atoms with Crippen LogP contribution in [0.2, 0.25) is 0 Å². The number of benzene rings is 3. The van der Waals surface area contributed by atoms with Gasteiger partial charge in [0.25, 0.3) is 5.91 Å². The molecule has 0 spiro atoms. The lowest BCUT2D eigenvalue weighted by Crippen LogP contribution is -2.27. The summed E-state index contributed by atoms with van der Waals surface area (Å²) in [7, 11) is 0. The number of nitrogens with zero attached hydrogens (tertiary/aromatic N) is 1. The van der Waals surface area contributed by atoms with Crippen molar-refractivity contribution in [1.29, 1.82) is 0 Å². The number of thioether (sulfide) groups is 1. The normalized spacial score (nSPS) is 11.0. The Kier molecular flexibility index (Phi) is 6.24. The van der Waals surface area contributed by atoms with Crippen LogP contribution in [-0.4, -0.2) is 17.0 Å². The molecule has 0 bridgehead atoms. The first-order valence-corrected chi connectivity index (χ1v) is 11.2. The number of rotatable bonds is 7. The molecule has 0 aliphatic carbocycles. The Balaban J connectivity index is 1.45. The van der Waals surface area contributed by atoms with E-state index in [1.807, 2.05) is 43.0 Å². The van der Waals surface area contributed by atoms with Gasteiger partial charge in [0.05, 0.1) is 0 Å². The van der Waals surface area contributed by atoms with Gasteiger partial charge in [-0.25, -0.2) is 0 Å². The van der Waals surface area contributed by atoms with Crippen molar-refractivity contribution in [3.8, 4) is 0 Å². The molecule has 0 radical (unpaired) electrons. The summed E-state index contributed by atoms with van der Waals surface area (Å²) >= 11 is 1.86. The van der Waals surface area contributed by atoms with Crippen LogP contribution in [0.25, 0.3) is 10.9 Å². The monoisotopic (exact) mass is 414 g/mol. The van der Waals surface area contributed by atoms with Crippen molar-refractivity contribution >= 4 is 28.6 Å². The average Bonchev–Trinajstić information content (AvgIpc) is 3.10. The predicted octanol–water partition coefficient (Wildman–Crippen LogP) is 5.98. The number of carbonyl (C=O) groups excluding carboxylic acids is 1. The van der Waals surface area contributed by atoms with Crippen molar-refractivity contribution in [2.75, 3.05) is 6.54 Å². The summed E-state index contributed by atoms with van der Waals surface area (Å²) in [6, 6.07) is 24.8. The van der Waals surface area contributed by atoms with E-state index in [1.165, 1.54) is 26.9 Å². The summed E-state index contributed by atoms with van der Waals surface area (Å²) in [5, 5.41) is 4.32. The third kappa shape index (κ3) is 4.60. The molecule has 3 aromatic carbocycles. The Morgan fingerprint density at radius 2 is 1.77 bits per heavy atom. The lowest BCUT2D eigenvalue weighted by molar-refractivity contribution is 0.0952. The van der Waals surface area contributed by atoms with E-state index in [2.05, 4.69) is 71.5 Å². The number of hydrogen-bond acceptors (Lipinski definition) is 2. The second-order valence-electron chi connectivity index (χ2n) is 7.55. The van der Waals surface area contributed by atoms with Crippen molar-refractivity contribution in [2.24, 2.45) is 0 Å². The molecule has 1 aromatic heterocycles. The maximum Gasteiger partial charge on any atom is 0.251 e. The van der Waals surface area contributed by atoms with Crippen LogP contribution < -0.4 is 5.32 Å². The zero-order valence-corrected chi connectivity index (χ0v) is 18.2. The molecule has 0 saturated carbocycles. The van der Waals surface area contributed by atoms with Crippen LogP contribution in [0.5, 0.6) is 0 Å². The van der Waals surface area contributed by atoms with Crippen molar-refractivity contribution in [2.45, 2.75) is 31.0 Å². The molecule has 3 nitrogen and oxygen atoms in total.